The molecule has 1 aliphatic rings. The third kappa shape index (κ3) is 1.08. The minimum Gasteiger partial charge on any atom is -0.226 e. The lowest BCUT2D eigenvalue weighted by molar-refractivity contribution is 0.772. The molecular formula is C5H7NS. The Bertz CT molecular complexity index is 120. The zero-order valence-corrected chi connectivity index (χ0v) is 5.09. The van der Waals surface area contributed by atoms with Crippen LogP contribution in [0.2, 0.25) is 0 Å². The Morgan fingerprint density at radius 2 is 2.29 bits per heavy atom. The van der Waals surface area contributed by atoms with Gasteiger partial charge in [0.25, 0.3) is 0 Å². The van der Waals surface area contributed by atoms with E-state index in [0.29, 0.717) is 0 Å². The minimum absolute atomic E-state index is 0.210. The first-order valence-corrected chi connectivity index (χ1v) is 2.77. The quantitative estimate of drug-likeness (QED) is 0.372. The van der Waals surface area contributed by atoms with Crippen molar-refractivity contribution in [2.75, 3.05) is 0 Å². The lowest BCUT2D eigenvalue weighted by Gasteiger charge is -1.89. The molecule has 0 atom stereocenters. The molecule has 7 heavy (non-hydrogen) atoms. The van der Waals surface area contributed by atoms with Gasteiger partial charge in [-0.15, -0.1) is 0 Å². The van der Waals surface area contributed by atoms with Crippen molar-refractivity contribution in [3.05, 3.63) is 0 Å². The summed E-state index contributed by atoms with van der Waals surface area (Å²) in [5, 5.41) is 2.38. The molecule has 38 valence electrons. The van der Waals surface area contributed by atoms with Crippen LogP contribution < -0.4 is 0 Å². The Morgan fingerprint density at radius 3 is 2.43 bits per heavy atom. The fraction of sp³-hybridized carbons (Fsp3) is 0.800. The van der Waals surface area contributed by atoms with Crippen LogP contribution >= 0.6 is 12.2 Å². The van der Waals surface area contributed by atoms with Gasteiger partial charge in [-0.1, -0.05) is 0 Å². The molecule has 0 heterocycles. The zero-order chi connectivity index (χ0) is 5.33. The second-order valence-corrected chi connectivity index (χ2v) is 2.38. The standard InChI is InChI=1S/C5H7NS/c1-5(2-3-5)6-4-7/h2-3H2,1H3. The van der Waals surface area contributed by atoms with Crippen LogP contribution in [0.4, 0.5) is 0 Å². The molecule has 0 aromatic heterocycles. The highest BCUT2D eigenvalue weighted by Gasteiger charge is 2.36. The number of isothiocyanates is 1. The van der Waals surface area contributed by atoms with Gasteiger partial charge in [0, 0.05) is 0 Å². The van der Waals surface area contributed by atoms with Crippen molar-refractivity contribution in [1.82, 2.24) is 0 Å². The molecule has 0 saturated heterocycles. The second kappa shape index (κ2) is 1.39. The number of hydrogen-bond donors (Lipinski definition) is 0. The molecule has 1 nitrogen and oxygen atoms in total. The number of aliphatic imine (C=N–C) groups is 1. The predicted molar refractivity (Wildman–Crippen MR) is 32.7 cm³/mol. The monoisotopic (exact) mass is 113 g/mol. The predicted octanol–water partition coefficient (Wildman–Crippen LogP) is 1.64. The molecule has 0 N–H and O–H groups in total. The largest absolute Gasteiger partial charge is 0.226 e. The van der Waals surface area contributed by atoms with Crippen LogP contribution in [0.25, 0.3) is 0 Å². The fourth-order valence-corrected chi connectivity index (χ4v) is 0.623. The van der Waals surface area contributed by atoms with Crippen molar-refractivity contribution in [3.63, 3.8) is 0 Å². The highest BCUT2D eigenvalue weighted by Crippen LogP contribution is 2.38. The van der Waals surface area contributed by atoms with E-state index in [0.717, 1.165) is 0 Å². The van der Waals surface area contributed by atoms with E-state index in [9.17, 15) is 0 Å². The summed E-state index contributed by atoms with van der Waals surface area (Å²) >= 11 is 4.42. The van der Waals surface area contributed by atoms with E-state index in [4.69, 9.17) is 0 Å². The number of thiocarbonyl (C=S) groups is 1. The first-order valence-electron chi connectivity index (χ1n) is 2.36. The van der Waals surface area contributed by atoms with Gasteiger partial charge in [0.05, 0.1) is 10.7 Å². The Labute approximate surface area is 48.4 Å². The van der Waals surface area contributed by atoms with E-state index >= 15 is 0 Å². The van der Waals surface area contributed by atoms with E-state index < -0.39 is 0 Å². The first-order chi connectivity index (χ1) is 3.27. The summed E-state index contributed by atoms with van der Waals surface area (Å²) in [6.07, 6.45) is 2.38. The SMILES string of the molecule is CC1(N=C=S)CC1. The second-order valence-electron chi connectivity index (χ2n) is 2.20. The molecule has 0 bridgehead atoms. The van der Waals surface area contributed by atoms with Crippen LogP contribution in [0.1, 0.15) is 19.8 Å². The molecule has 0 amide bonds. The molecule has 1 fully saturated rings. The van der Waals surface area contributed by atoms with Gasteiger partial charge < -0.3 is 0 Å². The van der Waals surface area contributed by atoms with Crippen LogP contribution in [0.15, 0.2) is 4.99 Å². The average Bonchev–Trinajstić information content (AvgIpc) is 2.22. The summed E-state index contributed by atoms with van der Waals surface area (Å²) < 4.78 is 0. The van der Waals surface area contributed by atoms with E-state index in [1.54, 1.807) is 0 Å². The van der Waals surface area contributed by atoms with Crippen molar-refractivity contribution in [2.45, 2.75) is 25.3 Å². The highest BCUT2D eigenvalue weighted by molar-refractivity contribution is 7.78. The van der Waals surface area contributed by atoms with Crippen LogP contribution in [0.3, 0.4) is 0 Å². The molecule has 0 aliphatic heterocycles. The Kier molecular flexibility index (Phi) is 0.983. The molecule has 0 aromatic rings. The van der Waals surface area contributed by atoms with E-state index in [-0.39, 0.29) is 5.54 Å². The highest BCUT2D eigenvalue weighted by atomic mass is 32.1. The van der Waals surface area contributed by atoms with Crippen LogP contribution in [-0.4, -0.2) is 10.7 Å². The Hall–Kier alpha value is -0.200. The fourth-order valence-electron chi connectivity index (χ4n) is 0.403. The van der Waals surface area contributed by atoms with Crippen molar-refractivity contribution in [2.24, 2.45) is 4.99 Å². The number of rotatable bonds is 1. The molecule has 0 unspecified atom stereocenters. The molecule has 0 aromatic carbocycles. The smallest absolute Gasteiger partial charge is 0.0684 e. The lowest BCUT2D eigenvalue weighted by atomic mass is 10.4. The van der Waals surface area contributed by atoms with Gasteiger partial charge in [-0.05, 0) is 32.0 Å². The van der Waals surface area contributed by atoms with Gasteiger partial charge in [-0.2, -0.15) is 0 Å². The lowest BCUT2D eigenvalue weighted by Crippen LogP contribution is -1.91. The van der Waals surface area contributed by atoms with Gasteiger partial charge in [0.1, 0.15) is 0 Å². The molecular weight excluding hydrogens is 106 g/mol. The van der Waals surface area contributed by atoms with Gasteiger partial charge in [0.2, 0.25) is 0 Å². The average molecular weight is 113 g/mol. The van der Waals surface area contributed by atoms with Gasteiger partial charge in [0.15, 0.2) is 0 Å². The molecule has 1 rings (SSSR count). The zero-order valence-electron chi connectivity index (χ0n) is 4.27. The molecule has 1 aliphatic carbocycles. The summed E-state index contributed by atoms with van der Waals surface area (Å²) in [6, 6.07) is 0. The summed E-state index contributed by atoms with van der Waals surface area (Å²) in [5.41, 5.74) is 0.210. The maximum absolute atomic E-state index is 4.42. The topological polar surface area (TPSA) is 12.4 Å². The van der Waals surface area contributed by atoms with Crippen molar-refractivity contribution in [3.8, 4) is 0 Å². The van der Waals surface area contributed by atoms with Gasteiger partial charge in [-0.3, -0.25) is 0 Å². The number of hydrogen-bond acceptors (Lipinski definition) is 2. The third-order valence-corrected chi connectivity index (χ3v) is 1.38. The molecule has 0 spiro atoms. The Balaban J connectivity index is 2.55. The Morgan fingerprint density at radius 1 is 1.71 bits per heavy atom. The molecule has 2 heteroatoms. The maximum atomic E-state index is 4.42. The van der Waals surface area contributed by atoms with Crippen LogP contribution in [0.5, 0.6) is 0 Å². The van der Waals surface area contributed by atoms with Crippen molar-refractivity contribution < 1.29 is 0 Å². The third-order valence-electron chi connectivity index (χ3n) is 1.29. The van der Waals surface area contributed by atoms with E-state index in [1.165, 1.54) is 12.8 Å². The first kappa shape index (κ1) is 4.95. The van der Waals surface area contributed by atoms with Crippen molar-refractivity contribution >= 4 is 17.4 Å². The van der Waals surface area contributed by atoms with E-state index in [2.05, 4.69) is 29.3 Å². The normalized spacial score (nSPS) is 23.0. The summed E-state index contributed by atoms with van der Waals surface area (Å²) in [6.45, 7) is 2.09. The minimum atomic E-state index is 0.210. The van der Waals surface area contributed by atoms with Crippen LogP contribution in [-0.2, 0) is 0 Å². The summed E-state index contributed by atoms with van der Waals surface area (Å²) in [7, 11) is 0. The summed E-state index contributed by atoms with van der Waals surface area (Å²) in [5.74, 6) is 0. The number of nitrogens with zero attached hydrogens (tertiary/aromatic N) is 1. The van der Waals surface area contributed by atoms with E-state index in [1.807, 2.05) is 0 Å². The molecule has 0 radical (unpaired) electrons. The maximum Gasteiger partial charge on any atom is 0.0684 e. The van der Waals surface area contributed by atoms with Gasteiger partial charge in [-0.25, -0.2) is 4.99 Å². The van der Waals surface area contributed by atoms with Crippen molar-refractivity contribution in [1.29, 1.82) is 0 Å². The van der Waals surface area contributed by atoms with Crippen LogP contribution in [0, 0.1) is 0 Å². The molecule has 1 saturated carbocycles. The summed E-state index contributed by atoms with van der Waals surface area (Å²) in [4.78, 5) is 3.93. The van der Waals surface area contributed by atoms with Gasteiger partial charge >= 0.3 is 0 Å².